The van der Waals surface area contributed by atoms with E-state index in [0.717, 1.165) is 23.5 Å². The lowest BCUT2D eigenvalue weighted by Gasteiger charge is -2.11. The summed E-state index contributed by atoms with van der Waals surface area (Å²) in [5.41, 5.74) is 1.07. The monoisotopic (exact) mass is 370 g/mol. The minimum absolute atomic E-state index is 0.0994. The number of methoxy groups -OCH3 is 1. The average Bonchev–Trinajstić information content (AvgIpc) is 3.46. The minimum Gasteiger partial charge on any atom is -0.497 e. The maximum atomic E-state index is 12.3. The van der Waals surface area contributed by atoms with Crippen LogP contribution in [0.15, 0.2) is 53.4 Å². The Hall–Kier alpha value is -2.47. The van der Waals surface area contributed by atoms with Gasteiger partial charge in [0.2, 0.25) is 5.91 Å². The van der Waals surface area contributed by atoms with Crippen LogP contribution in [0, 0.1) is 0 Å². The van der Waals surface area contributed by atoms with Gasteiger partial charge in [-0.1, -0.05) is 12.1 Å². The van der Waals surface area contributed by atoms with E-state index in [1.54, 1.807) is 37.1 Å². The second-order valence-corrected chi connectivity index (χ2v) is 7.28. The van der Waals surface area contributed by atoms with Crippen molar-refractivity contribution in [3.05, 3.63) is 54.1 Å². The van der Waals surface area contributed by atoms with Crippen molar-refractivity contribution < 1.29 is 14.3 Å². The topological polar surface area (TPSA) is 67.4 Å². The molecule has 2 N–H and O–H groups in total. The largest absolute Gasteiger partial charge is 0.497 e. The third-order valence-corrected chi connectivity index (χ3v) is 5.03. The summed E-state index contributed by atoms with van der Waals surface area (Å²) in [6, 6.07) is 15.1. The summed E-state index contributed by atoms with van der Waals surface area (Å²) in [5, 5.41) is 5.81. The Labute approximate surface area is 157 Å². The van der Waals surface area contributed by atoms with Gasteiger partial charge in [0.05, 0.1) is 18.4 Å². The Kier molecular flexibility index (Phi) is 6.17. The predicted molar refractivity (Wildman–Crippen MR) is 104 cm³/mol. The van der Waals surface area contributed by atoms with Crippen molar-refractivity contribution in [1.29, 1.82) is 0 Å². The molecule has 1 saturated carbocycles. The first-order valence-corrected chi connectivity index (χ1v) is 9.61. The smallest absolute Gasteiger partial charge is 0.253 e. The number of anilines is 1. The number of amides is 2. The Balaban J connectivity index is 1.50. The molecule has 0 saturated heterocycles. The van der Waals surface area contributed by atoms with Crippen molar-refractivity contribution in [1.82, 2.24) is 5.32 Å². The van der Waals surface area contributed by atoms with Gasteiger partial charge in [-0.25, -0.2) is 0 Å². The van der Waals surface area contributed by atoms with Gasteiger partial charge in [-0.2, -0.15) is 0 Å². The van der Waals surface area contributed by atoms with Crippen molar-refractivity contribution >= 4 is 29.3 Å². The molecule has 2 aromatic carbocycles. The highest BCUT2D eigenvalue weighted by Gasteiger charge is 2.24. The molecular weight excluding hydrogens is 348 g/mol. The van der Waals surface area contributed by atoms with Gasteiger partial charge in [0.1, 0.15) is 5.75 Å². The number of ether oxygens (including phenoxy) is 1. The second kappa shape index (κ2) is 8.76. The summed E-state index contributed by atoms with van der Waals surface area (Å²) in [4.78, 5) is 25.6. The molecule has 0 bridgehead atoms. The number of carbonyl (C=O) groups is 2. The van der Waals surface area contributed by atoms with Crippen LogP contribution >= 0.6 is 11.8 Å². The van der Waals surface area contributed by atoms with Gasteiger partial charge in [0.15, 0.2) is 0 Å². The van der Waals surface area contributed by atoms with Crippen LogP contribution in [-0.4, -0.2) is 30.7 Å². The third kappa shape index (κ3) is 5.26. The van der Waals surface area contributed by atoms with Gasteiger partial charge < -0.3 is 15.4 Å². The van der Waals surface area contributed by atoms with Crippen molar-refractivity contribution in [3.63, 3.8) is 0 Å². The normalized spacial score (nSPS) is 13.1. The molecule has 1 aliphatic carbocycles. The fraction of sp³-hybridized carbons (Fsp3) is 0.300. The lowest BCUT2D eigenvalue weighted by atomic mass is 10.1. The van der Waals surface area contributed by atoms with E-state index in [9.17, 15) is 9.59 Å². The van der Waals surface area contributed by atoms with Crippen LogP contribution < -0.4 is 15.4 Å². The van der Waals surface area contributed by atoms with E-state index in [4.69, 9.17) is 4.74 Å². The second-order valence-electron chi connectivity index (χ2n) is 6.12. The first kappa shape index (κ1) is 18.3. The first-order valence-electron chi connectivity index (χ1n) is 8.62. The number of hydrogen-bond acceptors (Lipinski definition) is 4. The molecule has 2 amide bonds. The standard InChI is InChI=1S/C20H22N2O3S/c1-25-15-8-10-16(11-9-15)26-13-12-19(23)22-18-5-3-2-4-17(18)20(24)21-14-6-7-14/h2-5,8-11,14H,6-7,12-13H2,1H3,(H,21,24)(H,22,23). The number of hydrogen-bond donors (Lipinski definition) is 2. The fourth-order valence-corrected chi connectivity index (χ4v) is 3.28. The SMILES string of the molecule is COc1ccc(SCCC(=O)Nc2ccccc2C(=O)NC2CC2)cc1. The van der Waals surface area contributed by atoms with Crippen molar-refractivity contribution in [3.8, 4) is 5.75 Å². The van der Waals surface area contributed by atoms with Gasteiger partial charge in [0.25, 0.3) is 5.91 Å². The van der Waals surface area contributed by atoms with Crippen LogP contribution in [0.1, 0.15) is 29.6 Å². The fourth-order valence-electron chi connectivity index (χ4n) is 2.43. The van der Waals surface area contributed by atoms with Gasteiger partial charge >= 0.3 is 0 Å². The molecule has 6 heteroatoms. The summed E-state index contributed by atoms with van der Waals surface area (Å²) >= 11 is 1.61. The molecule has 2 aromatic rings. The Bertz CT molecular complexity index is 773. The molecule has 5 nitrogen and oxygen atoms in total. The van der Waals surface area contributed by atoms with E-state index < -0.39 is 0 Å². The number of benzene rings is 2. The molecule has 0 aliphatic heterocycles. The molecule has 0 aromatic heterocycles. The van der Waals surface area contributed by atoms with Gasteiger partial charge in [-0.3, -0.25) is 9.59 Å². The predicted octanol–water partition coefficient (Wildman–Crippen LogP) is 3.71. The maximum Gasteiger partial charge on any atom is 0.253 e. The molecule has 0 unspecified atom stereocenters. The zero-order valence-corrected chi connectivity index (χ0v) is 15.5. The van der Waals surface area contributed by atoms with Crippen LogP contribution in [0.25, 0.3) is 0 Å². The molecule has 26 heavy (non-hydrogen) atoms. The zero-order valence-electron chi connectivity index (χ0n) is 14.7. The summed E-state index contributed by atoms with van der Waals surface area (Å²) in [6.45, 7) is 0. The minimum atomic E-state index is -0.129. The summed E-state index contributed by atoms with van der Waals surface area (Å²) < 4.78 is 5.13. The van der Waals surface area contributed by atoms with E-state index in [1.807, 2.05) is 30.3 Å². The number of para-hydroxylation sites is 1. The van der Waals surface area contributed by atoms with Gasteiger partial charge in [-0.15, -0.1) is 11.8 Å². The molecule has 136 valence electrons. The molecular formula is C20H22N2O3S. The van der Waals surface area contributed by atoms with Crippen LogP contribution in [0.2, 0.25) is 0 Å². The quantitative estimate of drug-likeness (QED) is 0.695. The molecule has 3 rings (SSSR count). The highest BCUT2D eigenvalue weighted by molar-refractivity contribution is 7.99. The summed E-state index contributed by atoms with van der Waals surface area (Å²) in [7, 11) is 1.63. The molecule has 1 fully saturated rings. The Morgan fingerprint density at radius 3 is 2.54 bits per heavy atom. The average molecular weight is 370 g/mol. The van der Waals surface area contributed by atoms with Crippen LogP contribution in [0.4, 0.5) is 5.69 Å². The highest BCUT2D eigenvalue weighted by atomic mass is 32.2. The Morgan fingerprint density at radius 2 is 1.85 bits per heavy atom. The maximum absolute atomic E-state index is 12.3. The van der Waals surface area contributed by atoms with Crippen molar-refractivity contribution in [2.24, 2.45) is 0 Å². The van der Waals surface area contributed by atoms with E-state index in [0.29, 0.717) is 23.4 Å². The number of nitrogens with one attached hydrogen (secondary N) is 2. The van der Waals surface area contributed by atoms with E-state index in [1.165, 1.54) is 0 Å². The van der Waals surface area contributed by atoms with E-state index in [2.05, 4.69) is 10.6 Å². The van der Waals surface area contributed by atoms with Gasteiger partial charge in [0, 0.05) is 23.1 Å². The van der Waals surface area contributed by atoms with Crippen molar-refractivity contribution in [2.45, 2.75) is 30.2 Å². The molecule has 0 atom stereocenters. The highest BCUT2D eigenvalue weighted by Crippen LogP contribution is 2.23. The molecule has 1 aliphatic rings. The Morgan fingerprint density at radius 1 is 1.12 bits per heavy atom. The van der Waals surface area contributed by atoms with Gasteiger partial charge in [-0.05, 0) is 49.2 Å². The molecule has 0 heterocycles. The lowest BCUT2D eigenvalue weighted by molar-refractivity contribution is -0.115. The summed E-state index contributed by atoms with van der Waals surface area (Å²) in [6.07, 6.45) is 2.43. The van der Waals surface area contributed by atoms with Crippen LogP contribution in [-0.2, 0) is 4.79 Å². The van der Waals surface area contributed by atoms with Crippen LogP contribution in [0.3, 0.4) is 0 Å². The van der Waals surface area contributed by atoms with E-state index in [-0.39, 0.29) is 17.9 Å². The third-order valence-electron chi connectivity index (χ3n) is 4.02. The van der Waals surface area contributed by atoms with Crippen molar-refractivity contribution in [2.75, 3.05) is 18.2 Å². The number of carbonyl (C=O) groups excluding carboxylic acids is 2. The molecule has 0 spiro atoms. The summed E-state index contributed by atoms with van der Waals surface area (Å²) in [5.74, 6) is 1.25. The number of thioether (sulfide) groups is 1. The van der Waals surface area contributed by atoms with E-state index >= 15 is 0 Å². The van der Waals surface area contributed by atoms with Crippen LogP contribution in [0.5, 0.6) is 5.75 Å². The number of rotatable bonds is 8. The zero-order chi connectivity index (χ0) is 18.4. The lowest BCUT2D eigenvalue weighted by Crippen LogP contribution is -2.27. The first-order chi connectivity index (χ1) is 12.7. The molecule has 0 radical (unpaired) electrons.